The van der Waals surface area contributed by atoms with Crippen LogP contribution in [0.4, 0.5) is 0 Å². The first-order valence-electron chi connectivity index (χ1n) is 18.1. The summed E-state index contributed by atoms with van der Waals surface area (Å²) in [6, 6.07) is 66.4. The molecule has 0 saturated heterocycles. The van der Waals surface area contributed by atoms with E-state index in [1.165, 1.54) is 77.2 Å². The molecule has 0 fully saturated rings. The lowest BCUT2D eigenvalue weighted by molar-refractivity contribution is 0.670. The van der Waals surface area contributed by atoms with Crippen molar-refractivity contribution in [1.29, 1.82) is 0 Å². The van der Waals surface area contributed by atoms with Crippen molar-refractivity contribution < 1.29 is 4.42 Å². The van der Waals surface area contributed by atoms with Gasteiger partial charge in [-0.05, 0) is 101 Å². The number of hydrogen-bond acceptors (Lipinski definition) is 1. The second-order valence-electron chi connectivity index (χ2n) is 13.9. The standard InChI is InChI=1S/C51H32O/c1-2-17-35-33(14-1)31-47-37(35)26-13-27-39(47)38-18-3-4-20-41(38)50-44-23-7-5-21-42(44)49(43-22-6-8-24-45(43)50)34-16-11-15-32(30-34)36-25-12-28-46-40-19-9-10-29-48(40)52-51(36)46/h1-30H,31H2. The molecule has 0 radical (unpaired) electrons. The zero-order chi connectivity index (χ0) is 34.2. The van der Waals surface area contributed by atoms with E-state index in [4.69, 9.17) is 4.42 Å². The van der Waals surface area contributed by atoms with E-state index in [1.54, 1.807) is 0 Å². The van der Waals surface area contributed by atoms with Gasteiger partial charge in [-0.3, -0.25) is 0 Å². The molecule has 0 atom stereocenters. The predicted molar refractivity (Wildman–Crippen MR) is 219 cm³/mol. The van der Waals surface area contributed by atoms with E-state index in [2.05, 4.69) is 176 Å². The highest BCUT2D eigenvalue weighted by Crippen LogP contribution is 2.49. The maximum atomic E-state index is 6.48. The minimum absolute atomic E-state index is 0.916. The monoisotopic (exact) mass is 660 g/mol. The quantitative estimate of drug-likeness (QED) is 0.171. The number of benzene rings is 9. The molecule has 0 spiro atoms. The Morgan fingerprint density at radius 2 is 0.827 bits per heavy atom. The van der Waals surface area contributed by atoms with Crippen molar-refractivity contribution in [2.24, 2.45) is 0 Å². The molecule has 0 aliphatic heterocycles. The van der Waals surface area contributed by atoms with Gasteiger partial charge in [0.05, 0.1) is 0 Å². The van der Waals surface area contributed by atoms with Crippen LogP contribution in [0.15, 0.2) is 186 Å². The Balaban J connectivity index is 1.14. The van der Waals surface area contributed by atoms with Crippen LogP contribution in [0.2, 0.25) is 0 Å². The summed E-state index contributed by atoms with van der Waals surface area (Å²) in [6.07, 6.45) is 0.953. The fraction of sp³-hybridized carbons (Fsp3) is 0.0196. The SMILES string of the molecule is c1cc(-c2c3ccccc3c(-c3ccccc3-c3cccc4c3Cc3ccccc3-4)c3ccccc23)cc(-c2cccc3c2oc2ccccc23)c1. The zero-order valence-corrected chi connectivity index (χ0v) is 28.4. The number of rotatable bonds is 4. The fourth-order valence-electron chi connectivity index (χ4n) is 8.89. The van der Waals surface area contributed by atoms with Crippen molar-refractivity contribution in [2.45, 2.75) is 6.42 Å². The van der Waals surface area contributed by atoms with Crippen molar-refractivity contribution in [2.75, 3.05) is 0 Å². The van der Waals surface area contributed by atoms with Crippen LogP contribution in [0, 0.1) is 0 Å². The van der Waals surface area contributed by atoms with Crippen LogP contribution in [0.1, 0.15) is 11.1 Å². The molecule has 1 aliphatic carbocycles. The van der Waals surface area contributed by atoms with Gasteiger partial charge in [0.15, 0.2) is 0 Å². The number of fused-ring (bicyclic) bond motifs is 8. The van der Waals surface area contributed by atoms with Crippen molar-refractivity contribution in [3.8, 4) is 55.6 Å². The fourth-order valence-corrected chi connectivity index (χ4v) is 8.89. The third-order valence-corrected chi connectivity index (χ3v) is 11.1. The second kappa shape index (κ2) is 11.4. The molecule has 9 aromatic carbocycles. The first-order chi connectivity index (χ1) is 25.8. The van der Waals surface area contributed by atoms with Crippen LogP contribution in [0.5, 0.6) is 0 Å². The first-order valence-corrected chi connectivity index (χ1v) is 18.1. The summed E-state index contributed by atoms with van der Waals surface area (Å²) in [4.78, 5) is 0. The van der Waals surface area contributed by atoms with Crippen molar-refractivity contribution in [1.82, 2.24) is 0 Å². The molecule has 242 valence electrons. The van der Waals surface area contributed by atoms with Gasteiger partial charge >= 0.3 is 0 Å². The van der Waals surface area contributed by atoms with Gasteiger partial charge in [0.1, 0.15) is 11.2 Å². The topological polar surface area (TPSA) is 13.1 Å². The van der Waals surface area contributed by atoms with Gasteiger partial charge in [-0.1, -0.05) is 170 Å². The lowest BCUT2D eigenvalue weighted by atomic mass is 9.82. The van der Waals surface area contributed by atoms with E-state index in [0.717, 1.165) is 39.5 Å². The van der Waals surface area contributed by atoms with E-state index >= 15 is 0 Å². The number of para-hydroxylation sites is 2. The summed E-state index contributed by atoms with van der Waals surface area (Å²) in [6.45, 7) is 0. The predicted octanol–water partition coefficient (Wildman–Crippen LogP) is 14.1. The van der Waals surface area contributed by atoms with Gasteiger partial charge in [0.25, 0.3) is 0 Å². The summed E-state index contributed by atoms with van der Waals surface area (Å²) in [5.41, 5.74) is 17.2. The molecule has 1 aromatic heterocycles. The molecule has 0 bridgehead atoms. The summed E-state index contributed by atoms with van der Waals surface area (Å²) >= 11 is 0. The van der Waals surface area contributed by atoms with E-state index in [1.807, 2.05) is 6.07 Å². The van der Waals surface area contributed by atoms with Crippen molar-refractivity contribution >= 4 is 43.5 Å². The Hall–Kier alpha value is -6.70. The maximum absolute atomic E-state index is 6.48. The maximum Gasteiger partial charge on any atom is 0.143 e. The van der Waals surface area contributed by atoms with Crippen LogP contribution in [0.25, 0.3) is 99.1 Å². The normalized spacial score (nSPS) is 12.2. The molecule has 0 amide bonds. The molecule has 10 aromatic rings. The molecule has 52 heavy (non-hydrogen) atoms. The van der Waals surface area contributed by atoms with Gasteiger partial charge in [-0.25, -0.2) is 0 Å². The summed E-state index contributed by atoms with van der Waals surface area (Å²) in [5, 5.41) is 7.29. The van der Waals surface area contributed by atoms with Gasteiger partial charge in [0, 0.05) is 16.3 Å². The molecule has 11 rings (SSSR count). The highest BCUT2D eigenvalue weighted by Gasteiger charge is 2.24. The summed E-state index contributed by atoms with van der Waals surface area (Å²) in [7, 11) is 0. The number of hydrogen-bond donors (Lipinski definition) is 0. The third-order valence-electron chi connectivity index (χ3n) is 11.1. The van der Waals surface area contributed by atoms with E-state index in [-0.39, 0.29) is 0 Å². The molecule has 1 nitrogen and oxygen atoms in total. The average molecular weight is 661 g/mol. The molecule has 1 heteroatoms. The van der Waals surface area contributed by atoms with Crippen LogP contribution < -0.4 is 0 Å². The van der Waals surface area contributed by atoms with Gasteiger partial charge in [-0.15, -0.1) is 0 Å². The minimum Gasteiger partial charge on any atom is -0.455 e. The van der Waals surface area contributed by atoms with Crippen molar-refractivity contribution in [3.63, 3.8) is 0 Å². The largest absolute Gasteiger partial charge is 0.455 e. The highest BCUT2D eigenvalue weighted by atomic mass is 16.3. The Bertz CT molecular complexity index is 2990. The molecule has 0 saturated carbocycles. The van der Waals surface area contributed by atoms with Gasteiger partial charge in [-0.2, -0.15) is 0 Å². The van der Waals surface area contributed by atoms with Crippen LogP contribution in [0.3, 0.4) is 0 Å². The Morgan fingerprint density at radius 3 is 1.60 bits per heavy atom. The van der Waals surface area contributed by atoms with E-state index in [0.29, 0.717) is 0 Å². The lowest BCUT2D eigenvalue weighted by Crippen LogP contribution is -1.94. The Labute approximate surface area is 302 Å². The summed E-state index contributed by atoms with van der Waals surface area (Å²) < 4.78 is 6.48. The zero-order valence-electron chi connectivity index (χ0n) is 28.4. The smallest absolute Gasteiger partial charge is 0.143 e. The molecule has 1 heterocycles. The molecule has 1 aliphatic rings. The molecular formula is C51H32O. The first kappa shape index (κ1) is 29.1. The average Bonchev–Trinajstić information content (AvgIpc) is 3.79. The van der Waals surface area contributed by atoms with Gasteiger partial charge in [0.2, 0.25) is 0 Å². The molecule has 0 unspecified atom stereocenters. The van der Waals surface area contributed by atoms with Crippen LogP contribution >= 0.6 is 0 Å². The van der Waals surface area contributed by atoms with Crippen molar-refractivity contribution in [3.05, 3.63) is 193 Å². The van der Waals surface area contributed by atoms with Crippen LogP contribution in [-0.2, 0) is 6.42 Å². The highest BCUT2D eigenvalue weighted by molar-refractivity contribution is 6.22. The molecule has 0 N–H and O–H groups in total. The third kappa shape index (κ3) is 4.30. The van der Waals surface area contributed by atoms with Crippen LogP contribution in [-0.4, -0.2) is 0 Å². The molecular weight excluding hydrogens is 629 g/mol. The summed E-state index contributed by atoms with van der Waals surface area (Å²) in [5.74, 6) is 0. The van der Waals surface area contributed by atoms with E-state index in [9.17, 15) is 0 Å². The second-order valence-corrected chi connectivity index (χ2v) is 13.9. The minimum atomic E-state index is 0.916. The Kier molecular flexibility index (Phi) is 6.38. The van der Waals surface area contributed by atoms with E-state index < -0.39 is 0 Å². The van der Waals surface area contributed by atoms with Gasteiger partial charge < -0.3 is 4.42 Å². The lowest BCUT2D eigenvalue weighted by Gasteiger charge is -2.20. The Morgan fingerprint density at radius 1 is 0.327 bits per heavy atom. The number of furan rings is 1.